The third-order valence-electron chi connectivity index (χ3n) is 4.87. The number of pyridine rings is 1. The van der Waals surface area contributed by atoms with E-state index in [9.17, 15) is 0 Å². The lowest BCUT2D eigenvalue weighted by molar-refractivity contribution is 0.182. The van der Waals surface area contributed by atoms with E-state index in [4.69, 9.17) is 5.73 Å². The van der Waals surface area contributed by atoms with E-state index in [1.807, 2.05) is 13.1 Å². The Morgan fingerprint density at radius 1 is 1.17 bits per heavy atom. The van der Waals surface area contributed by atoms with Crippen LogP contribution in [0.4, 0.5) is 5.95 Å². The number of imidazole rings is 1. The molecule has 1 aliphatic rings. The minimum Gasteiger partial charge on any atom is -0.369 e. The van der Waals surface area contributed by atoms with Crippen molar-refractivity contribution in [1.82, 2.24) is 19.4 Å². The van der Waals surface area contributed by atoms with Crippen LogP contribution in [0.1, 0.15) is 30.0 Å². The third kappa shape index (κ3) is 2.87. The van der Waals surface area contributed by atoms with Gasteiger partial charge in [-0.15, -0.1) is 0 Å². The summed E-state index contributed by atoms with van der Waals surface area (Å²) in [5.41, 5.74) is 10.5. The second kappa shape index (κ2) is 6.24. The van der Waals surface area contributed by atoms with Gasteiger partial charge in [0.1, 0.15) is 5.52 Å². The van der Waals surface area contributed by atoms with Crippen LogP contribution < -0.4 is 5.73 Å². The van der Waals surface area contributed by atoms with E-state index in [-0.39, 0.29) is 0 Å². The minimum atomic E-state index is 0.386. The van der Waals surface area contributed by atoms with Crippen LogP contribution in [0.15, 0.2) is 42.6 Å². The highest BCUT2D eigenvalue weighted by atomic mass is 15.2. The van der Waals surface area contributed by atoms with Crippen LogP contribution in [0.2, 0.25) is 0 Å². The van der Waals surface area contributed by atoms with E-state index in [1.54, 1.807) is 0 Å². The highest BCUT2D eigenvalue weighted by Crippen LogP contribution is 2.29. The van der Waals surface area contributed by atoms with Crippen LogP contribution in [0.5, 0.6) is 0 Å². The topological polar surface area (TPSA) is 60.0 Å². The number of hydrogen-bond donors (Lipinski definition) is 1. The number of aryl methyl sites for hydroxylation is 1. The number of fused-ring (bicyclic) bond motifs is 1. The first-order valence-corrected chi connectivity index (χ1v) is 8.57. The maximum absolute atomic E-state index is 6.19. The fourth-order valence-electron chi connectivity index (χ4n) is 3.64. The van der Waals surface area contributed by atoms with Crippen molar-refractivity contribution < 1.29 is 0 Å². The molecule has 0 aliphatic carbocycles. The highest BCUT2D eigenvalue weighted by molar-refractivity contribution is 5.74. The molecule has 0 radical (unpaired) electrons. The van der Waals surface area contributed by atoms with Gasteiger partial charge in [0.05, 0.1) is 0 Å². The standard InChI is InChI=1S/C19H23N5/c1-14-11-17-18(21-12-14)24(19(20)22-17)16-7-9-23(10-8-16)13-15-5-3-2-4-6-15/h2-6,11-12,16H,7-10,13H2,1H3,(H2,20,22). The quantitative estimate of drug-likeness (QED) is 0.805. The fourth-order valence-corrected chi connectivity index (χ4v) is 3.64. The molecule has 0 spiro atoms. The number of nitrogens with two attached hydrogens (primary N) is 1. The summed E-state index contributed by atoms with van der Waals surface area (Å²) < 4.78 is 2.13. The Bertz CT molecular complexity index is 832. The number of nitrogen functional groups attached to an aromatic ring is 1. The number of benzene rings is 1. The number of anilines is 1. The maximum atomic E-state index is 6.19. The molecule has 0 atom stereocenters. The second-order valence-electron chi connectivity index (χ2n) is 6.69. The van der Waals surface area contributed by atoms with Crippen LogP contribution in [0.25, 0.3) is 11.2 Å². The first kappa shape index (κ1) is 15.1. The Morgan fingerprint density at radius 3 is 2.67 bits per heavy atom. The molecule has 0 saturated carbocycles. The van der Waals surface area contributed by atoms with Gasteiger partial charge in [-0.25, -0.2) is 9.97 Å². The SMILES string of the molecule is Cc1cnc2c(c1)nc(N)n2C1CCN(Cc2ccccc2)CC1. The smallest absolute Gasteiger partial charge is 0.202 e. The zero-order valence-electron chi connectivity index (χ0n) is 14.0. The minimum absolute atomic E-state index is 0.386. The third-order valence-corrected chi connectivity index (χ3v) is 4.87. The van der Waals surface area contributed by atoms with Crippen molar-refractivity contribution in [3.05, 3.63) is 53.7 Å². The lowest BCUT2D eigenvalue weighted by atomic mass is 10.0. The molecule has 3 aromatic rings. The van der Waals surface area contributed by atoms with Crippen LogP contribution in [0.3, 0.4) is 0 Å². The maximum Gasteiger partial charge on any atom is 0.202 e. The lowest BCUT2D eigenvalue weighted by Crippen LogP contribution is -2.34. The summed E-state index contributed by atoms with van der Waals surface area (Å²) >= 11 is 0. The molecule has 2 aromatic heterocycles. The molecular formula is C19H23N5. The Labute approximate surface area is 142 Å². The van der Waals surface area contributed by atoms with E-state index in [0.29, 0.717) is 12.0 Å². The molecule has 1 fully saturated rings. The Hall–Kier alpha value is -2.40. The molecule has 5 nitrogen and oxygen atoms in total. The molecule has 5 heteroatoms. The molecule has 0 bridgehead atoms. The van der Waals surface area contributed by atoms with E-state index in [1.165, 1.54) is 5.56 Å². The summed E-state index contributed by atoms with van der Waals surface area (Å²) in [4.78, 5) is 11.6. The van der Waals surface area contributed by atoms with Gasteiger partial charge in [-0.3, -0.25) is 9.47 Å². The van der Waals surface area contributed by atoms with Crippen LogP contribution in [-0.2, 0) is 6.54 Å². The van der Waals surface area contributed by atoms with Gasteiger partial charge in [-0.1, -0.05) is 30.3 Å². The van der Waals surface area contributed by atoms with E-state index < -0.39 is 0 Å². The van der Waals surface area contributed by atoms with Crippen molar-refractivity contribution in [3.8, 4) is 0 Å². The molecule has 2 N–H and O–H groups in total. The normalized spacial score (nSPS) is 16.7. The first-order valence-electron chi connectivity index (χ1n) is 8.57. The zero-order chi connectivity index (χ0) is 16.5. The van der Waals surface area contributed by atoms with Gasteiger partial charge in [0.15, 0.2) is 5.65 Å². The van der Waals surface area contributed by atoms with E-state index in [2.05, 4.69) is 55.8 Å². The molecule has 1 aromatic carbocycles. The summed E-state index contributed by atoms with van der Waals surface area (Å²) in [6.45, 7) is 5.20. The Kier molecular flexibility index (Phi) is 3.94. The van der Waals surface area contributed by atoms with E-state index in [0.717, 1.165) is 49.2 Å². The van der Waals surface area contributed by atoms with Gasteiger partial charge in [-0.2, -0.15) is 0 Å². The van der Waals surface area contributed by atoms with Crippen molar-refractivity contribution in [2.45, 2.75) is 32.4 Å². The average Bonchev–Trinajstić information content (AvgIpc) is 2.91. The van der Waals surface area contributed by atoms with Gasteiger partial charge in [0, 0.05) is 31.9 Å². The van der Waals surface area contributed by atoms with Crippen molar-refractivity contribution >= 4 is 17.1 Å². The molecule has 0 unspecified atom stereocenters. The van der Waals surface area contributed by atoms with Crippen LogP contribution in [-0.4, -0.2) is 32.5 Å². The predicted octanol–water partition coefficient (Wildman–Crippen LogP) is 3.16. The summed E-state index contributed by atoms with van der Waals surface area (Å²) in [5, 5.41) is 0. The monoisotopic (exact) mass is 321 g/mol. The van der Waals surface area contributed by atoms with Crippen LogP contribution in [0, 0.1) is 6.92 Å². The fraction of sp³-hybridized carbons (Fsp3) is 0.368. The summed E-state index contributed by atoms with van der Waals surface area (Å²) in [6, 6.07) is 13.1. The van der Waals surface area contributed by atoms with Crippen molar-refractivity contribution in [2.24, 2.45) is 0 Å². The van der Waals surface area contributed by atoms with Gasteiger partial charge >= 0.3 is 0 Å². The largest absolute Gasteiger partial charge is 0.369 e. The molecule has 1 aliphatic heterocycles. The highest BCUT2D eigenvalue weighted by Gasteiger charge is 2.24. The number of aromatic nitrogens is 3. The Morgan fingerprint density at radius 2 is 1.92 bits per heavy atom. The zero-order valence-corrected chi connectivity index (χ0v) is 14.0. The predicted molar refractivity (Wildman–Crippen MR) is 96.7 cm³/mol. The summed E-state index contributed by atoms with van der Waals surface area (Å²) in [6.07, 6.45) is 4.06. The molecule has 124 valence electrons. The lowest BCUT2D eigenvalue weighted by Gasteiger charge is -2.33. The molecule has 24 heavy (non-hydrogen) atoms. The summed E-state index contributed by atoms with van der Waals surface area (Å²) in [5.74, 6) is 0.588. The summed E-state index contributed by atoms with van der Waals surface area (Å²) in [7, 11) is 0. The van der Waals surface area contributed by atoms with Crippen molar-refractivity contribution in [3.63, 3.8) is 0 Å². The molecule has 4 rings (SSSR count). The van der Waals surface area contributed by atoms with Crippen LogP contribution >= 0.6 is 0 Å². The number of rotatable bonds is 3. The van der Waals surface area contributed by atoms with Crippen molar-refractivity contribution in [2.75, 3.05) is 18.8 Å². The molecule has 3 heterocycles. The van der Waals surface area contributed by atoms with Crippen molar-refractivity contribution in [1.29, 1.82) is 0 Å². The molecule has 1 saturated heterocycles. The van der Waals surface area contributed by atoms with Gasteiger partial charge in [0.2, 0.25) is 5.95 Å². The van der Waals surface area contributed by atoms with Gasteiger partial charge < -0.3 is 5.73 Å². The first-order chi connectivity index (χ1) is 11.7. The number of likely N-dealkylation sites (tertiary alicyclic amines) is 1. The average molecular weight is 321 g/mol. The Balaban J connectivity index is 1.49. The number of nitrogens with zero attached hydrogens (tertiary/aromatic N) is 4. The van der Waals surface area contributed by atoms with E-state index >= 15 is 0 Å². The molecule has 0 amide bonds. The van der Waals surface area contributed by atoms with Gasteiger partial charge in [-0.05, 0) is 37.0 Å². The number of hydrogen-bond acceptors (Lipinski definition) is 4. The van der Waals surface area contributed by atoms with Gasteiger partial charge in [0.25, 0.3) is 0 Å². The molecular weight excluding hydrogens is 298 g/mol. The second-order valence-corrected chi connectivity index (χ2v) is 6.69. The number of piperidine rings is 1.